The van der Waals surface area contributed by atoms with Crippen LogP contribution in [-0.2, 0) is 14.3 Å². The van der Waals surface area contributed by atoms with Gasteiger partial charge < -0.3 is 19.9 Å². The molecule has 6 nitrogen and oxygen atoms in total. The Morgan fingerprint density at radius 2 is 2.33 bits per heavy atom. The number of carboxylic acid groups (broad SMARTS) is 1. The van der Waals surface area contributed by atoms with E-state index in [4.69, 9.17) is 14.6 Å². The lowest BCUT2D eigenvalue weighted by Crippen LogP contribution is -2.31. The number of carboxylic acids is 1. The monoisotopic (exact) mass is 290 g/mol. The molecule has 1 saturated heterocycles. The molecule has 1 aliphatic heterocycles. The first-order chi connectivity index (χ1) is 8.51. The number of aryl methyl sites for hydroxylation is 1. The number of anilines is 1. The van der Waals surface area contributed by atoms with Gasteiger partial charge in [-0.1, -0.05) is 11.3 Å². The molecule has 0 unspecified atom stereocenters. The van der Waals surface area contributed by atoms with Crippen LogP contribution in [-0.4, -0.2) is 34.1 Å². The molecule has 2 N–H and O–H groups in total. The van der Waals surface area contributed by atoms with E-state index < -0.39 is 12.0 Å². The molecule has 0 aliphatic carbocycles. The third-order valence-electron chi connectivity index (χ3n) is 2.46. The Hall–Kier alpha value is -0.830. The van der Waals surface area contributed by atoms with Gasteiger partial charge in [0.25, 0.3) is 0 Å². The van der Waals surface area contributed by atoms with Crippen molar-refractivity contribution in [1.82, 2.24) is 4.98 Å². The predicted molar refractivity (Wildman–Crippen MR) is 70.1 cm³/mol. The van der Waals surface area contributed by atoms with E-state index in [2.05, 4.69) is 22.9 Å². The Morgan fingerprint density at radius 1 is 1.67 bits per heavy atom. The zero-order chi connectivity index (χ0) is 13.3. The molecule has 1 aliphatic rings. The number of ether oxygens (including phenoxy) is 2. The van der Waals surface area contributed by atoms with Crippen LogP contribution in [0, 0.1) is 6.92 Å². The fraction of sp³-hybridized carbons (Fsp3) is 0.600. The maximum Gasteiger partial charge on any atom is 0.327 e. The molecule has 1 aromatic heterocycles. The summed E-state index contributed by atoms with van der Waals surface area (Å²) < 4.78 is 10.8. The maximum absolute atomic E-state index is 10.9. The first-order valence-corrected chi connectivity index (χ1v) is 6.84. The van der Waals surface area contributed by atoms with Gasteiger partial charge in [-0.25, -0.2) is 9.78 Å². The van der Waals surface area contributed by atoms with Gasteiger partial charge in [0, 0.05) is 5.75 Å². The van der Waals surface area contributed by atoms with E-state index in [1.807, 2.05) is 13.8 Å². The average molecular weight is 290 g/mol. The van der Waals surface area contributed by atoms with Crippen LogP contribution >= 0.6 is 24.0 Å². The molecule has 18 heavy (non-hydrogen) atoms. The van der Waals surface area contributed by atoms with Crippen LogP contribution in [0.25, 0.3) is 0 Å². The number of aromatic nitrogens is 1. The Labute approximate surface area is 114 Å². The molecule has 2 heterocycles. The minimum atomic E-state index is -0.954. The lowest BCUT2D eigenvalue weighted by Gasteiger charge is -2.32. The lowest BCUT2D eigenvalue weighted by molar-refractivity contribution is -0.381. The van der Waals surface area contributed by atoms with Gasteiger partial charge >= 0.3 is 5.97 Å². The van der Waals surface area contributed by atoms with Gasteiger partial charge in [0.05, 0.1) is 10.6 Å². The molecular weight excluding hydrogens is 276 g/mol. The number of nitrogens with zero attached hydrogens (tertiary/aromatic N) is 1. The van der Waals surface area contributed by atoms with Gasteiger partial charge in [-0.3, -0.25) is 0 Å². The third-order valence-corrected chi connectivity index (χ3v) is 3.93. The standard InChI is InChI=1S/C10H14N2O4S2/c1-4-7(9-15-5(2)16-9)18-10(11-4)12-6(3-17)8(13)14/h5-6,9,17H,3H2,1-2H3,(H,11,12)(H,13,14)/t5?,6-,9?/m0/s1. The smallest absolute Gasteiger partial charge is 0.327 e. The molecule has 0 radical (unpaired) electrons. The quantitative estimate of drug-likeness (QED) is 0.715. The Balaban J connectivity index is 2.06. The average Bonchev–Trinajstić information content (AvgIpc) is 2.62. The van der Waals surface area contributed by atoms with Gasteiger partial charge in [-0.15, -0.1) is 0 Å². The van der Waals surface area contributed by atoms with E-state index >= 15 is 0 Å². The number of aliphatic carboxylic acids is 1. The molecule has 1 fully saturated rings. The summed E-state index contributed by atoms with van der Waals surface area (Å²) in [7, 11) is 0. The summed E-state index contributed by atoms with van der Waals surface area (Å²) in [6, 6.07) is -0.756. The third kappa shape index (κ3) is 2.77. The molecule has 2 rings (SSSR count). The number of hydrogen-bond acceptors (Lipinski definition) is 7. The SMILES string of the molecule is Cc1nc(N[C@@H](CS)C(=O)O)sc1C1OC(C)O1. The Kier molecular flexibility index (Phi) is 4.10. The van der Waals surface area contributed by atoms with Crippen LogP contribution in [0.3, 0.4) is 0 Å². The zero-order valence-electron chi connectivity index (χ0n) is 9.91. The van der Waals surface area contributed by atoms with Crippen LogP contribution in [0.2, 0.25) is 0 Å². The van der Waals surface area contributed by atoms with Gasteiger partial charge in [-0.05, 0) is 13.8 Å². The van der Waals surface area contributed by atoms with Crippen molar-refractivity contribution in [3.8, 4) is 0 Å². The highest BCUT2D eigenvalue weighted by Gasteiger charge is 2.32. The normalized spacial score (nSPS) is 24.4. The van der Waals surface area contributed by atoms with Gasteiger partial charge in [0.2, 0.25) is 6.29 Å². The van der Waals surface area contributed by atoms with Crippen LogP contribution in [0.4, 0.5) is 5.13 Å². The largest absolute Gasteiger partial charge is 0.480 e. The van der Waals surface area contributed by atoms with Crippen LogP contribution in [0.1, 0.15) is 23.8 Å². The number of carbonyl (C=O) groups is 1. The molecule has 0 amide bonds. The summed E-state index contributed by atoms with van der Waals surface area (Å²) in [4.78, 5) is 16.0. The summed E-state index contributed by atoms with van der Waals surface area (Å²) in [6.07, 6.45) is -0.579. The molecule has 8 heteroatoms. The molecular formula is C10H14N2O4S2. The first kappa shape index (κ1) is 13.6. The number of thiazole rings is 1. The van der Waals surface area contributed by atoms with Crippen LogP contribution in [0.15, 0.2) is 0 Å². The van der Waals surface area contributed by atoms with E-state index in [-0.39, 0.29) is 18.3 Å². The van der Waals surface area contributed by atoms with Crippen molar-refractivity contribution in [2.75, 3.05) is 11.1 Å². The molecule has 0 aromatic carbocycles. The summed E-state index contributed by atoms with van der Waals surface area (Å²) >= 11 is 5.32. The van der Waals surface area contributed by atoms with E-state index in [1.165, 1.54) is 11.3 Å². The highest BCUT2D eigenvalue weighted by atomic mass is 32.1. The summed E-state index contributed by atoms with van der Waals surface area (Å²) in [5.74, 6) is -0.763. The fourth-order valence-electron chi connectivity index (χ4n) is 1.51. The van der Waals surface area contributed by atoms with Crippen LogP contribution in [0.5, 0.6) is 0 Å². The van der Waals surface area contributed by atoms with Crippen molar-refractivity contribution >= 4 is 35.1 Å². The number of thiol groups is 1. The molecule has 0 bridgehead atoms. The highest BCUT2D eigenvalue weighted by molar-refractivity contribution is 7.80. The van der Waals surface area contributed by atoms with Crippen LogP contribution < -0.4 is 5.32 Å². The summed E-state index contributed by atoms with van der Waals surface area (Å²) in [6.45, 7) is 3.65. The fourth-order valence-corrected chi connectivity index (χ4v) is 2.75. The van der Waals surface area contributed by atoms with E-state index in [9.17, 15) is 4.79 Å². The summed E-state index contributed by atoms with van der Waals surface area (Å²) in [5.41, 5.74) is 0.780. The van der Waals surface area contributed by atoms with Gasteiger partial charge in [0.15, 0.2) is 11.4 Å². The van der Waals surface area contributed by atoms with Crippen molar-refractivity contribution in [2.24, 2.45) is 0 Å². The van der Waals surface area contributed by atoms with Crippen molar-refractivity contribution in [3.63, 3.8) is 0 Å². The van der Waals surface area contributed by atoms with E-state index in [0.717, 1.165) is 10.6 Å². The molecule has 0 spiro atoms. The number of hydrogen-bond donors (Lipinski definition) is 3. The van der Waals surface area contributed by atoms with Gasteiger partial charge in [0.1, 0.15) is 6.04 Å². The van der Waals surface area contributed by atoms with Crippen molar-refractivity contribution in [1.29, 1.82) is 0 Å². The van der Waals surface area contributed by atoms with Crippen molar-refractivity contribution < 1.29 is 19.4 Å². The Morgan fingerprint density at radius 3 is 2.83 bits per heavy atom. The molecule has 1 aromatic rings. The van der Waals surface area contributed by atoms with Gasteiger partial charge in [-0.2, -0.15) is 12.6 Å². The minimum Gasteiger partial charge on any atom is -0.480 e. The lowest BCUT2D eigenvalue weighted by atomic mass is 10.3. The molecule has 1 atom stereocenters. The zero-order valence-corrected chi connectivity index (χ0v) is 11.6. The summed E-state index contributed by atoms with van der Waals surface area (Å²) in [5, 5.41) is 12.3. The van der Waals surface area contributed by atoms with E-state index in [1.54, 1.807) is 0 Å². The molecule has 0 saturated carbocycles. The second-order valence-corrected chi connectivity index (χ2v) is 5.25. The second-order valence-electron chi connectivity index (χ2n) is 3.86. The Bertz CT molecular complexity index is 445. The number of rotatable bonds is 5. The topological polar surface area (TPSA) is 80.7 Å². The number of nitrogens with one attached hydrogen (secondary N) is 1. The predicted octanol–water partition coefficient (Wildman–Crippen LogP) is 1.64. The first-order valence-electron chi connectivity index (χ1n) is 5.39. The highest BCUT2D eigenvalue weighted by Crippen LogP contribution is 2.38. The second kappa shape index (κ2) is 5.43. The molecule has 100 valence electrons. The minimum absolute atomic E-state index is 0.191. The van der Waals surface area contributed by atoms with E-state index in [0.29, 0.717) is 5.13 Å². The maximum atomic E-state index is 10.9. The van der Waals surface area contributed by atoms with Crippen molar-refractivity contribution in [2.45, 2.75) is 32.5 Å². The van der Waals surface area contributed by atoms with Crippen molar-refractivity contribution in [3.05, 3.63) is 10.6 Å².